The third-order valence-corrected chi connectivity index (χ3v) is 4.36. The van der Waals surface area contributed by atoms with Gasteiger partial charge in [0.25, 0.3) is 0 Å². The van der Waals surface area contributed by atoms with Crippen LogP contribution in [-0.2, 0) is 20.7 Å². The number of carbonyl (C=O) groups excluding carboxylic acids is 1. The number of hydrogen-bond acceptors (Lipinski definition) is 5. The first-order chi connectivity index (χ1) is 9.20. The Labute approximate surface area is 117 Å². The minimum atomic E-state index is -0.0335. The minimum Gasteiger partial charge on any atom is -0.379 e. The number of aromatic nitrogens is 1. The van der Waals surface area contributed by atoms with Gasteiger partial charge < -0.3 is 14.8 Å². The molecule has 0 spiro atoms. The van der Waals surface area contributed by atoms with Gasteiger partial charge in [-0.2, -0.15) is 0 Å². The molecule has 0 saturated carbocycles. The molecule has 1 fully saturated rings. The van der Waals surface area contributed by atoms with Crippen LogP contribution < -0.4 is 5.32 Å². The molecule has 0 radical (unpaired) electrons. The number of thiazole rings is 1. The fourth-order valence-electron chi connectivity index (χ4n) is 2.21. The van der Waals surface area contributed by atoms with Crippen LogP contribution in [0.3, 0.4) is 0 Å². The van der Waals surface area contributed by atoms with E-state index < -0.39 is 0 Å². The van der Waals surface area contributed by atoms with E-state index in [0.717, 1.165) is 18.5 Å². The van der Waals surface area contributed by atoms with Crippen molar-refractivity contribution in [1.82, 2.24) is 10.3 Å². The molecule has 1 N–H and O–H groups in total. The highest BCUT2D eigenvalue weighted by Crippen LogP contribution is 2.15. The fourth-order valence-corrected chi connectivity index (χ4v) is 2.99. The van der Waals surface area contributed by atoms with Crippen molar-refractivity contribution in [3.63, 3.8) is 0 Å². The van der Waals surface area contributed by atoms with E-state index in [1.165, 1.54) is 4.88 Å². The lowest BCUT2D eigenvalue weighted by Gasteiger charge is -2.31. The summed E-state index contributed by atoms with van der Waals surface area (Å²) in [6, 6.07) is -0.0335. The second-order valence-corrected chi connectivity index (χ2v) is 5.61. The van der Waals surface area contributed by atoms with E-state index in [2.05, 4.69) is 10.3 Å². The van der Waals surface area contributed by atoms with E-state index in [4.69, 9.17) is 9.47 Å². The third kappa shape index (κ3) is 3.99. The second-order valence-electron chi connectivity index (χ2n) is 4.67. The van der Waals surface area contributed by atoms with Crippen LogP contribution in [0.2, 0.25) is 0 Å². The average Bonchev–Trinajstić information content (AvgIpc) is 2.82. The zero-order valence-corrected chi connectivity index (χ0v) is 12.2. The number of rotatable bonds is 5. The zero-order valence-electron chi connectivity index (χ0n) is 11.3. The summed E-state index contributed by atoms with van der Waals surface area (Å²) in [5, 5.41) is 3.00. The maximum Gasteiger partial charge on any atom is 0.220 e. The monoisotopic (exact) mass is 284 g/mol. The molecule has 1 aliphatic rings. The van der Waals surface area contributed by atoms with Gasteiger partial charge in [0.05, 0.1) is 30.0 Å². The summed E-state index contributed by atoms with van der Waals surface area (Å²) < 4.78 is 10.8. The SMILES string of the molecule is CO[C@@H]1CCOC[C@H]1NC(=O)CCc1scnc1C. The predicted molar refractivity (Wildman–Crippen MR) is 73.3 cm³/mol. The molecule has 1 saturated heterocycles. The molecule has 0 unspecified atom stereocenters. The Bertz CT molecular complexity index is 422. The first kappa shape index (κ1) is 14.4. The summed E-state index contributed by atoms with van der Waals surface area (Å²) >= 11 is 1.60. The molecular weight excluding hydrogens is 264 g/mol. The van der Waals surface area contributed by atoms with Crippen molar-refractivity contribution in [1.29, 1.82) is 0 Å². The molecule has 1 aromatic heterocycles. The van der Waals surface area contributed by atoms with Crippen molar-refractivity contribution in [2.24, 2.45) is 0 Å². The van der Waals surface area contributed by atoms with Gasteiger partial charge in [-0.15, -0.1) is 11.3 Å². The molecule has 6 heteroatoms. The van der Waals surface area contributed by atoms with Gasteiger partial charge >= 0.3 is 0 Å². The smallest absolute Gasteiger partial charge is 0.220 e. The molecule has 0 bridgehead atoms. The van der Waals surface area contributed by atoms with Crippen LogP contribution >= 0.6 is 11.3 Å². The van der Waals surface area contributed by atoms with E-state index in [9.17, 15) is 4.79 Å². The molecule has 1 aliphatic heterocycles. The maximum absolute atomic E-state index is 11.9. The minimum absolute atomic E-state index is 0.0335. The van der Waals surface area contributed by atoms with Crippen LogP contribution in [0.5, 0.6) is 0 Å². The topological polar surface area (TPSA) is 60.5 Å². The fraction of sp³-hybridized carbons (Fsp3) is 0.692. The van der Waals surface area contributed by atoms with Gasteiger partial charge in [-0.1, -0.05) is 0 Å². The summed E-state index contributed by atoms with van der Waals surface area (Å²) in [5.74, 6) is 0.0466. The van der Waals surface area contributed by atoms with Gasteiger partial charge in [-0.25, -0.2) is 4.98 Å². The van der Waals surface area contributed by atoms with Gasteiger partial charge in [0.1, 0.15) is 0 Å². The molecule has 106 valence electrons. The predicted octanol–water partition coefficient (Wildman–Crippen LogP) is 1.30. The highest BCUT2D eigenvalue weighted by molar-refractivity contribution is 7.09. The summed E-state index contributed by atoms with van der Waals surface area (Å²) in [5.41, 5.74) is 2.84. The number of hydrogen-bond donors (Lipinski definition) is 1. The normalized spacial score (nSPS) is 23.3. The number of aryl methyl sites for hydroxylation is 2. The quantitative estimate of drug-likeness (QED) is 0.885. The second kappa shape index (κ2) is 6.98. The molecule has 19 heavy (non-hydrogen) atoms. The summed E-state index contributed by atoms with van der Waals surface area (Å²) in [6.07, 6.45) is 2.11. The van der Waals surface area contributed by atoms with E-state index in [-0.39, 0.29) is 18.1 Å². The van der Waals surface area contributed by atoms with Crippen molar-refractivity contribution in [2.75, 3.05) is 20.3 Å². The maximum atomic E-state index is 11.9. The molecule has 2 rings (SSSR count). The average molecular weight is 284 g/mol. The number of carbonyl (C=O) groups is 1. The third-order valence-electron chi connectivity index (χ3n) is 3.37. The van der Waals surface area contributed by atoms with Gasteiger partial charge in [-0.3, -0.25) is 4.79 Å². The molecule has 1 aromatic rings. The van der Waals surface area contributed by atoms with Crippen LogP contribution in [0.4, 0.5) is 0 Å². The largest absolute Gasteiger partial charge is 0.379 e. The van der Waals surface area contributed by atoms with Crippen LogP contribution in [0.1, 0.15) is 23.4 Å². The van der Waals surface area contributed by atoms with Gasteiger partial charge in [-0.05, 0) is 19.8 Å². The number of ether oxygens (including phenoxy) is 2. The Balaban J connectivity index is 1.79. The number of amides is 1. The summed E-state index contributed by atoms with van der Waals surface area (Å²) in [7, 11) is 1.68. The molecule has 2 heterocycles. The van der Waals surface area contributed by atoms with Crippen molar-refractivity contribution in [2.45, 2.75) is 38.3 Å². The van der Waals surface area contributed by atoms with E-state index in [1.807, 2.05) is 12.4 Å². The Morgan fingerprint density at radius 3 is 3.21 bits per heavy atom. The van der Waals surface area contributed by atoms with Gasteiger partial charge in [0.15, 0.2) is 0 Å². The molecule has 0 aromatic carbocycles. The molecule has 0 aliphatic carbocycles. The molecule has 5 nitrogen and oxygen atoms in total. The summed E-state index contributed by atoms with van der Waals surface area (Å²) in [6.45, 7) is 3.20. The van der Waals surface area contributed by atoms with Gasteiger partial charge in [0, 0.05) is 25.0 Å². The molecule has 2 atom stereocenters. The van der Waals surface area contributed by atoms with Crippen molar-refractivity contribution >= 4 is 17.2 Å². The zero-order chi connectivity index (χ0) is 13.7. The Hall–Kier alpha value is -0.980. The van der Waals surface area contributed by atoms with Crippen LogP contribution in [0.15, 0.2) is 5.51 Å². The first-order valence-electron chi connectivity index (χ1n) is 6.49. The van der Waals surface area contributed by atoms with Crippen LogP contribution in [0.25, 0.3) is 0 Å². The number of nitrogens with one attached hydrogen (secondary N) is 1. The standard InChI is InChI=1S/C13H20N2O3S/c1-9-12(19-8-14-9)3-4-13(16)15-10-7-18-6-5-11(10)17-2/h8,10-11H,3-7H2,1-2H3,(H,15,16)/t10-,11-/m1/s1. The van der Waals surface area contributed by atoms with Crippen molar-refractivity contribution < 1.29 is 14.3 Å². The lowest BCUT2D eigenvalue weighted by molar-refractivity contribution is -0.125. The Morgan fingerprint density at radius 1 is 1.68 bits per heavy atom. The van der Waals surface area contributed by atoms with Gasteiger partial charge in [0.2, 0.25) is 5.91 Å². The highest BCUT2D eigenvalue weighted by atomic mass is 32.1. The lowest BCUT2D eigenvalue weighted by atomic mass is 10.1. The Morgan fingerprint density at radius 2 is 2.53 bits per heavy atom. The number of nitrogens with zero attached hydrogens (tertiary/aromatic N) is 1. The number of methoxy groups -OCH3 is 1. The first-order valence-corrected chi connectivity index (χ1v) is 7.37. The summed E-state index contributed by atoms with van der Waals surface area (Å²) in [4.78, 5) is 17.3. The molecule has 1 amide bonds. The van der Waals surface area contributed by atoms with Crippen molar-refractivity contribution in [3.8, 4) is 0 Å². The van der Waals surface area contributed by atoms with Crippen LogP contribution in [0, 0.1) is 6.92 Å². The van der Waals surface area contributed by atoms with Crippen LogP contribution in [-0.4, -0.2) is 43.4 Å². The Kier molecular flexibility index (Phi) is 5.30. The molecular formula is C13H20N2O3S. The lowest BCUT2D eigenvalue weighted by Crippen LogP contribution is -2.50. The van der Waals surface area contributed by atoms with E-state index in [0.29, 0.717) is 19.6 Å². The van der Waals surface area contributed by atoms with Crippen molar-refractivity contribution in [3.05, 3.63) is 16.1 Å². The highest BCUT2D eigenvalue weighted by Gasteiger charge is 2.26. The van der Waals surface area contributed by atoms with E-state index >= 15 is 0 Å². The van der Waals surface area contributed by atoms with E-state index in [1.54, 1.807) is 18.4 Å².